The van der Waals surface area contributed by atoms with Crippen molar-refractivity contribution in [1.29, 1.82) is 0 Å². The summed E-state index contributed by atoms with van der Waals surface area (Å²) in [5.41, 5.74) is 0. The van der Waals surface area contributed by atoms with Crippen LogP contribution in [0.1, 0.15) is 72.1 Å². The van der Waals surface area contributed by atoms with E-state index in [-0.39, 0.29) is 0 Å². The fourth-order valence-electron chi connectivity index (χ4n) is 2.30. The first-order chi connectivity index (χ1) is 9.24. The molecule has 19 heavy (non-hydrogen) atoms. The van der Waals surface area contributed by atoms with Gasteiger partial charge < -0.3 is 9.47 Å². The van der Waals surface area contributed by atoms with E-state index in [0.29, 0.717) is 13.2 Å². The summed E-state index contributed by atoms with van der Waals surface area (Å²) in [6.45, 7) is 7.58. The van der Waals surface area contributed by atoms with Crippen LogP contribution in [0.3, 0.4) is 0 Å². The van der Waals surface area contributed by atoms with Crippen molar-refractivity contribution in [3.05, 3.63) is 11.5 Å². The minimum atomic E-state index is -0.561. The first-order valence-electron chi connectivity index (χ1n) is 7.84. The highest BCUT2D eigenvalue weighted by atomic mass is 32.1. The van der Waals surface area contributed by atoms with Crippen LogP contribution in [0.5, 0.6) is 0 Å². The number of hydrogen-bond acceptors (Lipinski definition) is 3. The van der Waals surface area contributed by atoms with Gasteiger partial charge in [-0.05, 0) is 31.8 Å². The van der Waals surface area contributed by atoms with Crippen molar-refractivity contribution in [2.75, 3.05) is 13.2 Å². The van der Waals surface area contributed by atoms with Crippen LogP contribution >= 0.6 is 12.6 Å². The van der Waals surface area contributed by atoms with Gasteiger partial charge in [0.15, 0.2) is 5.79 Å². The smallest absolute Gasteiger partial charge is 0.188 e. The zero-order chi connectivity index (χ0) is 14.4. The van der Waals surface area contributed by atoms with Crippen molar-refractivity contribution in [3.63, 3.8) is 0 Å². The van der Waals surface area contributed by atoms with Gasteiger partial charge in [0.1, 0.15) is 0 Å². The first kappa shape index (κ1) is 19.0. The Morgan fingerprint density at radius 2 is 1.37 bits per heavy atom. The number of unbranched alkanes of at least 4 members (excludes halogenated alkanes) is 6. The molecule has 0 rings (SSSR count). The van der Waals surface area contributed by atoms with Crippen LogP contribution in [0.4, 0.5) is 0 Å². The van der Waals surface area contributed by atoms with Crippen LogP contribution in [-0.4, -0.2) is 19.0 Å². The van der Waals surface area contributed by atoms with Gasteiger partial charge in [-0.1, -0.05) is 45.4 Å². The van der Waals surface area contributed by atoms with Crippen LogP contribution < -0.4 is 0 Å². The zero-order valence-corrected chi connectivity index (χ0v) is 13.9. The van der Waals surface area contributed by atoms with Gasteiger partial charge in [0.25, 0.3) is 0 Å². The molecule has 0 amide bonds. The van der Waals surface area contributed by atoms with Gasteiger partial charge in [-0.15, -0.1) is 0 Å². The molecule has 0 aromatic heterocycles. The molecule has 0 radical (unpaired) electrons. The largest absolute Gasteiger partial charge is 0.347 e. The molecule has 114 valence electrons. The average Bonchev–Trinajstić information content (AvgIpc) is 2.39. The third-order valence-electron chi connectivity index (χ3n) is 3.23. The molecular formula is C16H32O2S. The normalized spacial score (nSPS) is 12.4. The average molecular weight is 288 g/mol. The quantitative estimate of drug-likeness (QED) is 0.280. The summed E-state index contributed by atoms with van der Waals surface area (Å²) in [7, 11) is 0. The summed E-state index contributed by atoms with van der Waals surface area (Å²) >= 11 is 4.16. The van der Waals surface area contributed by atoms with Gasteiger partial charge in [-0.25, -0.2) is 0 Å². The Kier molecular flexibility index (Phi) is 13.0. The van der Waals surface area contributed by atoms with E-state index < -0.39 is 5.79 Å². The molecule has 0 saturated carbocycles. The summed E-state index contributed by atoms with van der Waals surface area (Å²) in [4.78, 5) is 0. The maximum atomic E-state index is 5.80. The van der Waals surface area contributed by atoms with E-state index in [1.54, 1.807) is 5.41 Å². The SMILES string of the molecule is CCCCCCCCCC(C=CS)(OCC)OCC. The Balaban J connectivity index is 3.97. The minimum absolute atomic E-state index is 0.561. The molecule has 0 bridgehead atoms. The molecule has 3 heteroatoms. The molecule has 0 aliphatic carbocycles. The Labute approximate surface area is 125 Å². The number of hydrogen-bond donors (Lipinski definition) is 1. The Hall–Kier alpha value is 0.01000. The minimum Gasteiger partial charge on any atom is -0.347 e. The molecule has 0 heterocycles. The lowest BCUT2D eigenvalue weighted by molar-refractivity contribution is -0.203. The maximum Gasteiger partial charge on any atom is 0.188 e. The molecule has 0 unspecified atom stereocenters. The molecule has 0 saturated heterocycles. The van der Waals surface area contributed by atoms with Crippen molar-refractivity contribution in [2.24, 2.45) is 0 Å². The van der Waals surface area contributed by atoms with Crippen LogP contribution in [0.2, 0.25) is 0 Å². The Morgan fingerprint density at radius 3 is 1.84 bits per heavy atom. The fraction of sp³-hybridized carbons (Fsp3) is 0.875. The van der Waals surface area contributed by atoms with Crippen LogP contribution in [0, 0.1) is 0 Å². The van der Waals surface area contributed by atoms with Crippen molar-refractivity contribution >= 4 is 12.6 Å². The predicted molar refractivity (Wildman–Crippen MR) is 86.7 cm³/mol. The molecule has 0 aromatic carbocycles. The third-order valence-corrected chi connectivity index (χ3v) is 3.38. The van der Waals surface area contributed by atoms with Crippen molar-refractivity contribution in [2.45, 2.75) is 77.9 Å². The maximum absolute atomic E-state index is 5.80. The Morgan fingerprint density at radius 1 is 0.842 bits per heavy atom. The highest BCUT2D eigenvalue weighted by Crippen LogP contribution is 2.24. The van der Waals surface area contributed by atoms with Crippen molar-refractivity contribution in [1.82, 2.24) is 0 Å². The van der Waals surface area contributed by atoms with E-state index in [1.807, 2.05) is 19.9 Å². The molecule has 0 aromatic rings. The van der Waals surface area contributed by atoms with Crippen LogP contribution in [0.15, 0.2) is 11.5 Å². The lowest BCUT2D eigenvalue weighted by Gasteiger charge is -2.30. The van der Waals surface area contributed by atoms with E-state index in [4.69, 9.17) is 9.47 Å². The molecule has 0 aliphatic rings. The lowest BCUT2D eigenvalue weighted by atomic mass is 10.0. The third kappa shape index (κ3) is 9.53. The Bertz CT molecular complexity index is 211. The predicted octanol–water partition coefficient (Wildman–Crippen LogP) is 5.34. The second kappa shape index (κ2) is 13.0. The summed E-state index contributed by atoms with van der Waals surface area (Å²) in [6.07, 6.45) is 12.0. The van der Waals surface area contributed by atoms with E-state index in [9.17, 15) is 0 Å². The highest BCUT2D eigenvalue weighted by Gasteiger charge is 2.27. The molecule has 0 aliphatic heterocycles. The number of rotatable bonds is 13. The van der Waals surface area contributed by atoms with Gasteiger partial charge in [0, 0.05) is 19.6 Å². The lowest BCUT2D eigenvalue weighted by Crippen LogP contribution is -2.34. The second-order valence-electron chi connectivity index (χ2n) is 4.86. The van der Waals surface area contributed by atoms with Crippen molar-refractivity contribution < 1.29 is 9.47 Å². The standard InChI is InChI=1S/C16H32O2S/c1-4-7-8-9-10-11-12-13-16(14-15-19,17-5-2)18-6-3/h14-15,19H,4-13H2,1-3H3. The number of thiol groups is 1. The van der Waals surface area contributed by atoms with E-state index in [1.165, 1.54) is 38.5 Å². The van der Waals surface area contributed by atoms with Crippen LogP contribution in [-0.2, 0) is 9.47 Å². The summed E-state index contributed by atoms with van der Waals surface area (Å²) in [5.74, 6) is -0.561. The zero-order valence-electron chi connectivity index (χ0n) is 13.0. The van der Waals surface area contributed by atoms with Crippen molar-refractivity contribution in [3.8, 4) is 0 Å². The monoisotopic (exact) mass is 288 g/mol. The molecular weight excluding hydrogens is 256 g/mol. The molecule has 0 atom stereocenters. The topological polar surface area (TPSA) is 18.5 Å². The highest BCUT2D eigenvalue weighted by molar-refractivity contribution is 7.83. The van der Waals surface area contributed by atoms with Gasteiger partial charge in [-0.2, -0.15) is 12.6 Å². The van der Waals surface area contributed by atoms with Crippen LogP contribution in [0.25, 0.3) is 0 Å². The fourth-order valence-corrected chi connectivity index (χ4v) is 2.52. The second-order valence-corrected chi connectivity index (χ2v) is 5.16. The molecule has 0 N–H and O–H groups in total. The van der Waals surface area contributed by atoms with Gasteiger partial charge >= 0.3 is 0 Å². The van der Waals surface area contributed by atoms with E-state index in [2.05, 4.69) is 19.6 Å². The first-order valence-corrected chi connectivity index (χ1v) is 8.36. The molecule has 2 nitrogen and oxygen atoms in total. The number of ether oxygens (including phenoxy) is 2. The van der Waals surface area contributed by atoms with E-state index >= 15 is 0 Å². The van der Waals surface area contributed by atoms with Gasteiger partial charge in [-0.3, -0.25) is 0 Å². The van der Waals surface area contributed by atoms with Gasteiger partial charge in [0.2, 0.25) is 0 Å². The summed E-state index contributed by atoms with van der Waals surface area (Å²) in [6, 6.07) is 0. The summed E-state index contributed by atoms with van der Waals surface area (Å²) in [5, 5.41) is 1.73. The molecule has 0 spiro atoms. The molecule has 0 fully saturated rings. The summed E-state index contributed by atoms with van der Waals surface area (Å²) < 4.78 is 11.6. The van der Waals surface area contributed by atoms with E-state index in [0.717, 1.165) is 12.8 Å². The van der Waals surface area contributed by atoms with Gasteiger partial charge in [0.05, 0.1) is 0 Å².